The number of carbonyl (C=O) groups is 2. The molecule has 0 saturated carbocycles. The summed E-state index contributed by atoms with van der Waals surface area (Å²) >= 11 is 3.20. The molecule has 0 saturated heterocycles. The van der Waals surface area contributed by atoms with Crippen molar-refractivity contribution in [3.63, 3.8) is 0 Å². The first kappa shape index (κ1) is 15.6. The third-order valence-corrected chi connectivity index (χ3v) is 5.10. The second-order valence-electron chi connectivity index (χ2n) is 4.32. The molecule has 0 radical (unpaired) electrons. The van der Waals surface area contributed by atoms with Crippen LogP contribution < -0.4 is 0 Å². The summed E-state index contributed by atoms with van der Waals surface area (Å²) in [6, 6.07) is 14.9. The summed E-state index contributed by atoms with van der Waals surface area (Å²) in [7, 11) is -2.94. The third-order valence-electron chi connectivity index (χ3n) is 2.75. The fourth-order valence-electron chi connectivity index (χ4n) is 1.69. The maximum Gasteiger partial charge on any atom is 0.326 e. The Kier molecular flexibility index (Phi) is 4.69. The predicted octanol–water partition coefficient (Wildman–Crippen LogP) is 3.32. The minimum absolute atomic E-state index is 0.203. The molecule has 0 fully saturated rings. The molecule has 108 valence electrons. The highest BCUT2D eigenvalue weighted by molar-refractivity contribution is 9.10. The molecular weight excluding hydrogens is 354 g/mol. The van der Waals surface area contributed by atoms with E-state index in [2.05, 4.69) is 20.3 Å². The summed E-state index contributed by atoms with van der Waals surface area (Å²) < 4.78 is 16.6. The molecule has 0 spiro atoms. The number of ketones is 1. The highest BCUT2D eigenvalue weighted by Crippen LogP contribution is 2.18. The van der Waals surface area contributed by atoms with Gasteiger partial charge in [-0.3, -0.25) is 9.59 Å². The van der Waals surface area contributed by atoms with E-state index in [9.17, 15) is 13.8 Å². The highest BCUT2D eigenvalue weighted by Gasteiger charge is 2.20. The Morgan fingerprint density at radius 1 is 1.00 bits per heavy atom. The summed E-state index contributed by atoms with van der Waals surface area (Å²) in [5, 5.41) is 0. The van der Waals surface area contributed by atoms with Crippen molar-refractivity contribution in [2.24, 2.45) is 4.36 Å². The van der Waals surface area contributed by atoms with E-state index in [4.69, 9.17) is 0 Å². The maximum atomic E-state index is 12.5. The van der Waals surface area contributed by atoms with Crippen LogP contribution >= 0.6 is 15.9 Å². The monoisotopic (exact) mass is 365 g/mol. The molecule has 2 rings (SSSR count). The van der Waals surface area contributed by atoms with Gasteiger partial charge in [-0.25, -0.2) is 4.21 Å². The quantitative estimate of drug-likeness (QED) is 0.618. The molecule has 0 aliphatic heterocycles. The van der Waals surface area contributed by atoms with Crippen molar-refractivity contribution in [3.8, 4) is 0 Å². The molecule has 2 aromatic carbocycles. The molecule has 0 aliphatic carbocycles. The molecule has 2 aromatic rings. The van der Waals surface area contributed by atoms with Crippen LogP contribution in [0.25, 0.3) is 0 Å². The lowest BCUT2D eigenvalue weighted by molar-refractivity contribution is -0.113. The van der Waals surface area contributed by atoms with E-state index in [-0.39, 0.29) is 5.56 Å². The van der Waals surface area contributed by atoms with Crippen molar-refractivity contribution in [3.05, 3.63) is 64.6 Å². The van der Waals surface area contributed by atoms with Gasteiger partial charge in [-0.05, 0) is 24.3 Å². The molecule has 1 atom stereocenters. The number of Topliss-reactive ketones (excluding diaryl/α,β-unsaturated/α-hetero) is 1. The Morgan fingerprint density at radius 3 is 2.19 bits per heavy atom. The zero-order valence-electron chi connectivity index (χ0n) is 11.2. The standard InChI is InChI=1S/C15H12BrNO3S/c1-21(20,11-7-3-2-4-8-11)17-15(19)14(18)12-9-5-6-10-13(12)16/h2-10H,1H3. The van der Waals surface area contributed by atoms with Gasteiger partial charge >= 0.3 is 5.91 Å². The minimum atomic E-state index is -2.94. The molecule has 1 unspecified atom stereocenters. The van der Waals surface area contributed by atoms with E-state index in [0.29, 0.717) is 9.37 Å². The second kappa shape index (κ2) is 6.32. The zero-order valence-corrected chi connectivity index (χ0v) is 13.6. The van der Waals surface area contributed by atoms with Gasteiger partial charge in [0.2, 0.25) is 0 Å². The van der Waals surface area contributed by atoms with E-state index in [1.54, 1.807) is 48.5 Å². The number of halogens is 1. The van der Waals surface area contributed by atoms with Crippen LogP contribution in [0, 0.1) is 0 Å². The number of benzene rings is 2. The number of nitrogens with zero attached hydrogens (tertiary/aromatic N) is 1. The van der Waals surface area contributed by atoms with Crippen LogP contribution in [0.3, 0.4) is 0 Å². The molecule has 0 aromatic heterocycles. The first-order valence-electron chi connectivity index (χ1n) is 6.02. The number of carbonyl (C=O) groups excluding carboxylic acids is 2. The van der Waals surface area contributed by atoms with E-state index in [1.807, 2.05) is 0 Å². The molecule has 6 heteroatoms. The summed E-state index contributed by atoms with van der Waals surface area (Å²) in [4.78, 5) is 24.5. The third kappa shape index (κ3) is 3.65. The summed E-state index contributed by atoms with van der Waals surface area (Å²) in [5.41, 5.74) is 0.203. The summed E-state index contributed by atoms with van der Waals surface area (Å²) in [6.45, 7) is 0. The van der Waals surface area contributed by atoms with Gasteiger partial charge in [0.15, 0.2) is 0 Å². The van der Waals surface area contributed by atoms with Crippen LogP contribution in [0.4, 0.5) is 0 Å². The van der Waals surface area contributed by atoms with Crippen LogP contribution in [-0.2, 0) is 14.5 Å². The van der Waals surface area contributed by atoms with Gasteiger partial charge in [-0.15, -0.1) is 0 Å². The van der Waals surface area contributed by atoms with Gasteiger partial charge in [0, 0.05) is 21.2 Å². The van der Waals surface area contributed by atoms with Crippen LogP contribution in [0.2, 0.25) is 0 Å². The van der Waals surface area contributed by atoms with Crippen molar-refractivity contribution in [2.75, 3.05) is 6.26 Å². The van der Waals surface area contributed by atoms with Crippen molar-refractivity contribution < 1.29 is 13.8 Å². The maximum absolute atomic E-state index is 12.5. The van der Waals surface area contributed by atoms with Crippen molar-refractivity contribution in [1.29, 1.82) is 0 Å². The van der Waals surface area contributed by atoms with Crippen molar-refractivity contribution in [2.45, 2.75) is 4.90 Å². The summed E-state index contributed by atoms with van der Waals surface area (Å²) in [6.07, 6.45) is 1.34. The molecular formula is C15H12BrNO3S. The van der Waals surface area contributed by atoms with Crippen LogP contribution in [0.1, 0.15) is 10.4 Å². The van der Waals surface area contributed by atoms with Gasteiger partial charge in [-0.1, -0.05) is 46.3 Å². The number of amides is 1. The van der Waals surface area contributed by atoms with E-state index < -0.39 is 21.4 Å². The van der Waals surface area contributed by atoms with Gasteiger partial charge in [-0.2, -0.15) is 4.36 Å². The fourth-order valence-corrected chi connectivity index (χ4v) is 3.32. The van der Waals surface area contributed by atoms with E-state index >= 15 is 0 Å². The fraction of sp³-hybridized carbons (Fsp3) is 0.0667. The Balaban J connectivity index is 2.38. The molecule has 0 aliphatic rings. The second-order valence-corrected chi connectivity index (χ2v) is 7.43. The van der Waals surface area contributed by atoms with Crippen LogP contribution in [-0.4, -0.2) is 22.2 Å². The number of rotatable bonds is 3. The Hall–Kier alpha value is -1.79. The van der Waals surface area contributed by atoms with Gasteiger partial charge in [0.1, 0.15) is 0 Å². The molecule has 0 N–H and O–H groups in total. The normalized spacial score (nSPS) is 13.2. The lowest BCUT2D eigenvalue weighted by Crippen LogP contribution is -2.14. The van der Waals surface area contributed by atoms with Gasteiger partial charge in [0.05, 0.1) is 9.73 Å². The Morgan fingerprint density at radius 2 is 1.57 bits per heavy atom. The number of hydrogen-bond acceptors (Lipinski definition) is 3. The molecule has 21 heavy (non-hydrogen) atoms. The van der Waals surface area contributed by atoms with E-state index in [0.717, 1.165) is 0 Å². The highest BCUT2D eigenvalue weighted by atomic mass is 79.9. The van der Waals surface area contributed by atoms with Gasteiger partial charge in [0.25, 0.3) is 5.78 Å². The first-order chi connectivity index (χ1) is 9.92. The smallest absolute Gasteiger partial charge is 0.283 e. The van der Waals surface area contributed by atoms with Crippen LogP contribution in [0.5, 0.6) is 0 Å². The van der Waals surface area contributed by atoms with Crippen LogP contribution in [0.15, 0.2) is 68.3 Å². The largest absolute Gasteiger partial charge is 0.326 e. The lowest BCUT2D eigenvalue weighted by Gasteiger charge is -2.04. The molecule has 0 heterocycles. The average molecular weight is 366 g/mol. The molecule has 0 bridgehead atoms. The average Bonchev–Trinajstić information content (AvgIpc) is 2.47. The SMILES string of the molecule is CS(=O)(=NC(=O)C(=O)c1ccccc1Br)c1ccccc1. The molecule has 4 nitrogen and oxygen atoms in total. The van der Waals surface area contributed by atoms with Crippen molar-refractivity contribution in [1.82, 2.24) is 0 Å². The zero-order chi connectivity index (χ0) is 15.5. The Labute approximate surface area is 131 Å². The predicted molar refractivity (Wildman–Crippen MR) is 84.7 cm³/mol. The van der Waals surface area contributed by atoms with Crippen molar-refractivity contribution >= 4 is 37.3 Å². The topological polar surface area (TPSA) is 63.6 Å². The molecule has 1 amide bonds. The van der Waals surface area contributed by atoms with E-state index in [1.165, 1.54) is 12.3 Å². The van der Waals surface area contributed by atoms with Gasteiger partial charge < -0.3 is 0 Å². The Bertz CT molecular complexity index is 809. The number of hydrogen-bond donors (Lipinski definition) is 0. The summed E-state index contributed by atoms with van der Waals surface area (Å²) in [5.74, 6) is -1.80. The lowest BCUT2D eigenvalue weighted by atomic mass is 10.1. The minimum Gasteiger partial charge on any atom is -0.283 e. The first-order valence-corrected chi connectivity index (χ1v) is 8.74.